The smallest absolute Gasteiger partial charge is 0.167 e. The van der Waals surface area contributed by atoms with Crippen molar-refractivity contribution < 1.29 is 14.3 Å². The number of hydrogen-bond donors (Lipinski definition) is 1. The highest BCUT2D eigenvalue weighted by Gasteiger charge is 2.09. The molecule has 0 bridgehead atoms. The van der Waals surface area contributed by atoms with Crippen LogP contribution in [0.2, 0.25) is 0 Å². The van der Waals surface area contributed by atoms with Gasteiger partial charge in [-0.3, -0.25) is 9.59 Å². The Morgan fingerprint density at radius 2 is 1.53 bits per heavy atom. The second-order valence-corrected chi connectivity index (χ2v) is 8.44. The maximum Gasteiger partial charge on any atom is 0.167 e. The van der Waals surface area contributed by atoms with Crippen molar-refractivity contribution in [3.05, 3.63) is 89.5 Å². The first-order chi connectivity index (χ1) is 15.4. The Labute approximate surface area is 190 Å². The van der Waals surface area contributed by atoms with Crippen molar-refractivity contribution in [2.75, 3.05) is 12.4 Å². The molecular formula is C28H31NO3. The zero-order valence-corrected chi connectivity index (χ0v) is 19.1. The van der Waals surface area contributed by atoms with Crippen LogP contribution in [-0.2, 0) is 6.42 Å². The van der Waals surface area contributed by atoms with Crippen LogP contribution < -0.4 is 10.1 Å². The lowest BCUT2D eigenvalue weighted by Crippen LogP contribution is -2.04. The summed E-state index contributed by atoms with van der Waals surface area (Å²) in [6.07, 6.45) is 2.89. The van der Waals surface area contributed by atoms with Crippen LogP contribution in [0.5, 0.6) is 5.75 Å². The molecule has 0 atom stereocenters. The Morgan fingerprint density at radius 3 is 2.22 bits per heavy atom. The molecular weight excluding hydrogens is 398 g/mol. The summed E-state index contributed by atoms with van der Waals surface area (Å²) in [6, 6.07) is 22.6. The van der Waals surface area contributed by atoms with Gasteiger partial charge in [-0.25, -0.2) is 0 Å². The summed E-state index contributed by atoms with van der Waals surface area (Å²) in [5, 5.41) is 3.35. The number of Topliss-reactive ketones (excluding diaryl/α,β-unsaturated/α-hetero) is 2. The van der Waals surface area contributed by atoms with E-state index in [9.17, 15) is 9.59 Å². The lowest BCUT2D eigenvalue weighted by atomic mass is 10.0. The normalized spacial score (nSPS) is 10.8. The van der Waals surface area contributed by atoms with E-state index in [0.717, 1.165) is 35.3 Å². The molecule has 0 aliphatic rings. The molecule has 0 amide bonds. The fourth-order valence-corrected chi connectivity index (χ4v) is 3.54. The van der Waals surface area contributed by atoms with Crippen LogP contribution in [0.3, 0.4) is 0 Å². The summed E-state index contributed by atoms with van der Waals surface area (Å²) >= 11 is 0. The minimum atomic E-state index is 0.0493. The van der Waals surface area contributed by atoms with Gasteiger partial charge < -0.3 is 10.1 Å². The third kappa shape index (κ3) is 6.81. The van der Waals surface area contributed by atoms with Crippen LogP contribution in [0.25, 0.3) is 0 Å². The first-order valence-corrected chi connectivity index (χ1v) is 11.1. The van der Waals surface area contributed by atoms with Crippen molar-refractivity contribution >= 4 is 22.9 Å². The van der Waals surface area contributed by atoms with Gasteiger partial charge in [0.15, 0.2) is 11.6 Å². The summed E-state index contributed by atoms with van der Waals surface area (Å²) in [6.45, 7) is 4.35. The van der Waals surface area contributed by atoms with Crippen molar-refractivity contribution in [3.8, 4) is 5.75 Å². The van der Waals surface area contributed by atoms with Gasteiger partial charge in [-0.15, -0.1) is 0 Å². The number of anilines is 2. The minimum Gasteiger partial charge on any atom is -0.497 e. The summed E-state index contributed by atoms with van der Waals surface area (Å²) in [7, 11) is 1.59. The minimum absolute atomic E-state index is 0.0493. The van der Waals surface area contributed by atoms with E-state index >= 15 is 0 Å². The second kappa shape index (κ2) is 11.3. The molecule has 0 saturated carbocycles. The van der Waals surface area contributed by atoms with Crippen molar-refractivity contribution in [3.63, 3.8) is 0 Å². The van der Waals surface area contributed by atoms with Gasteiger partial charge in [0.2, 0.25) is 0 Å². The number of ketones is 2. The van der Waals surface area contributed by atoms with Crippen molar-refractivity contribution in [1.82, 2.24) is 0 Å². The molecule has 4 nitrogen and oxygen atoms in total. The summed E-state index contributed by atoms with van der Waals surface area (Å²) in [4.78, 5) is 25.0. The van der Waals surface area contributed by atoms with E-state index in [1.807, 2.05) is 60.7 Å². The molecule has 32 heavy (non-hydrogen) atoms. The lowest BCUT2D eigenvalue weighted by Gasteiger charge is -2.10. The number of ether oxygens (including phenoxy) is 1. The van der Waals surface area contributed by atoms with E-state index in [-0.39, 0.29) is 11.6 Å². The van der Waals surface area contributed by atoms with Gasteiger partial charge in [0, 0.05) is 35.3 Å². The monoisotopic (exact) mass is 429 g/mol. The van der Waals surface area contributed by atoms with Crippen LogP contribution in [0.1, 0.15) is 59.4 Å². The Hall–Kier alpha value is -3.40. The van der Waals surface area contributed by atoms with Gasteiger partial charge in [-0.05, 0) is 54.3 Å². The molecule has 0 aliphatic carbocycles. The molecule has 0 radical (unpaired) electrons. The third-order valence-electron chi connectivity index (χ3n) is 5.37. The van der Waals surface area contributed by atoms with Crippen molar-refractivity contribution in [2.45, 2.75) is 39.5 Å². The predicted molar refractivity (Wildman–Crippen MR) is 130 cm³/mol. The van der Waals surface area contributed by atoms with Gasteiger partial charge in [0.25, 0.3) is 0 Å². The molecule has 0 aromatic heterocycles. The third-order valence-corrected chi connectivity index (χ3v) is 5.37. The van der Waals surface area contributed by atoms with Gasteiger partial charge in [-0.2, -0.15) is 0 Å². The second-order valence-electron chi connectivity index (χ2n) is 8.44. The van der Waals surface area contributed by atoms with Crippen LogP contribution in [0, 0.1) is 5.92 Å². The van der Waals surface area contributed by atoms with Gasteiger partial charge >= 0.3 is 0 Å². The first-order valence-electron chi connectivity index (χ1n) is 11.1. The van der Waals surface area contributed by atoms with Gasteiger partial charge in [0.05, 0.1) is 7.11 Å². The molecule has 0 unspecified atom stereocenters. The number of carbonyl (C=O) groups is 2. The molecule has 3 aromatic rings. The van der Waals surface area contributed by atoms with E-state index in [1.165, 1.54) is 0 Å². The summed E-state index contributed by atoms with van der Waals surface area (Å²) in [5.74, 6) is 1.52. The molecule has 0 aliphatic heterocycles. The van der Waals surface area contributed by atoms with Crippen LogP contribution >= 0.6 is 0 Å². The Balaban J connectivity index is 1.59. The Morgan fingerprint density at radius 1 is 0.844 bits per heavy atom. The molecule has 3 rings (SSSR count). The highest BCUT2D eigenvalue weighted by molar-refractivity contribution is 5.98. The van der Waals surface area contributed by atoms with Crippen LogP contribution in [0.4, 0.5) is 11.4 Å². The molecule has 166 valence electrons. The zero-order valence-electron chi connectivity index (χ0n) is 19.1. The maximum absolute atomic E-state index is 12.6. The van der Waals surface area contributed by atoms with E-state index in [0.29, 0.717) is 30.1 Å². The van der Waals surface area contributed by atoms with Crippen LogP contribution in [0.15, 0.2) is 72.8 Å². The number of methoxy groups -OCH3 is 1. The molecule has 4 heteroatoms. The molecule has 3 aromatic carbocycles. The van der Waals surface area contributed by atoms with Gasteiger partial charge in [0.1, 0.15) is 5.75 Å². The van der Waals surface area contributed by atoms with Crippen molar-refractivity contribution in [2.24, 2.45) is 5.92 Å². The highest BCUT2D eigenvalue weighted by Crippen LogP contribution is 2.21. The number of nitrogens with one attached hydrogen (secondary N) is 1. The predicted octanol–water partition coefficient (Wildman–Crippen LogP) is 6.87. The quantitative estimate of drug-likeness (QED) is 0.338. The average molecular weight is 430 g/mol. The number of carbonyl (C=O) groups excluding carboxylic acids is 2. The lowest BCUT2D eigenvalue weighted by molar-refractivity contribution is 0.0974. The highest BCUT2D eigenvalue weighted by atomic mass is 16.5. The summed E-state index contributed by atoms with van der Waals surface area (Å²) < 4.78 is 5.20. The molecule has 1 N–H and O–H groups in total. The van der Waals surface area contributed by atoms with E-state index in [4.69, 9.17) is 4.74 Å². The van der Waals surface area contributed by atoms with E-state index in [2.05, 4.69) is 19.2 Å². The SMILES string of the molecule is COc1cccc(C(=O)Cc2ccc(Nc3cccc(C(=O)CCCC(C)C)c3)cc2)c1. The first kappa shape index (κ1) is 23.3. The Kier molecular flexibility index (Phi) is 8.20. The van der Waals surface area contributed by atoms with Crippen molar-refractivity contribution in [1.29, 1.82) is 0 Å². The van der Waals surface area contributed by atoms with Crippen LogP contribution in [-0.4, -0.2) is 18.7 Å². The molecule has 0 saturated heterocycles. The topological polar surface area (TPSA) is 55.4 Å². The molecule has 0 heterocycles. The number of rotatable bonds is 11. The fraction of sp³-hybridized carbons (Fsp3) is 0.286. The van der Waals surface area contributed by atoms with E-state index < -0.39 is 0 Å². The average Bonchev–Trinajstić information content (AvgIpc) is 2.80. The largest absolute Gasteiger partial charge is 0.497 e. The number of benzene rings is 3. The molecule has 0 fully saturated rings. The van der Waals surface area contributed by atoms with Gasteiger partial charge in [-0.1, -0.05) is 56.7 Å². The van der Waals surface area contributed by atoms with E-state index in [1.54, 1.807) is 19.2 Å². The molecule has 0 spiro atoms. The Bertz CT molecular complexity index is 1050. The summed E-state index contributed by atoms with van der Waals surface area (Å²) in [5.41, 5.74) is 4.10. The fourth-order valence-electron chi connectivity index (χ4n) is 3.54. The standard InChI is InChI=1S/C28H31NO3/c1-20(2)7-4-12-27(30)22-8-5-10-25(18-22)29-24-15-13-21(14-16-24)17-28(31)23-9-6-11-26(19-23)32-3/h5-6,8-11,13-16,18-20,29H,4,7,12,17H2,1-3H3. The zero-order chi connectivity index (χ0) is 22.9. The number of hydrogen-bond acceptors (Lipinski definition) is 4. The maximum atomic E-state index is 12.6.